The van der Waals surface area contributed by atoms with E-state index < -0.39 is 5.97 Å². The summed E-state index contributed by atoms with van der Waals surface area (Å²) in [5, 5.41) is 19.1. The molecule has 0 saturated carbocycles. The molecule has 1 aromatic carbocycles. The molecule has 0 unspecified atom stereocenters. The average molecular weight is 261 g/mol. The Labute approximate surface area is 112 Å². The van der Waals surface area contributed by atoms with Crippen molar-refractivity contribution in [3.63, 3.8) is 0 Å². The number of aliphatic hydroxyl groups is 1. The van der Waals surface area contributed by atoms with E-state index in [0.717, 1.165) is 10.9 Å². The highest BCUT2D eigenvalue weighted by Crippen LogP contribution is 2.28. The Hall–Kier alpha value is -1.81. The predicted octanol–water partition coefficient (Wildman–Crippen LogP) is 2.85. The van der Waals surface area contributed by atoms with E-state index in [-0.39, 0.29) is 6.61 Å². The van der Waals surface area contributed by atoms with E-state index in [1.807, 2.05) is 10.6 Å². The maximum atomic E-state index is 11.1. The third-order valence-electron chi connectivity index (χ3n) is 3.34. The minimum Gasteiger partial charge on any atom is -0.478 e. The van der Waals surface area contributed by atoms with Crippen LogP contribution in [0.25, 0.3) is 10.9 Å². The molecule has 2 aromatic rings. The molecule has 1 heterocycles. The third kappa shape index (κ3) is 2.63. The first kappa shape index (κ1) is 13.6. The Morgan fingerprint density at radius 2 is 2.11 bits per heavy atom. The Balaban J connectivity index is 2.58. The van der Waals surface area contributed by atoms with Gasteiger partial charge in [-0.3, -0.25) is 0 Å². The van der Waals surface area contributed by atoms with Gasteiger partial charge in [-0.2, -0.15) is 0 Å². The highest BCUT2D eigenvalue weighted by atomic mass is 16.4. The molecule has 0 bridgehead atoms. The van der Waals surface area contributed by atoms with Gasteiger partial charge in [-0.1, -0.05) is 19.9 Å². The molecule has 102 valence electrons. The summed E-state index contributed by atoms with van der Waals surface area (Å²) in [5.41, 5.74) is 2.44. The van der Waals surface area contributed by atoms with E-state index in [1.165, 1.54) is 5.56 Å². The van der Waals surface area contributed by atoms with Gasteiger partial charge >= 0.3 is 5.97 Å². The molecule has 4 heteroatoms. The molecule has 0 atom stereocenters. The van der Waals surface area contributed by atoms with Gasteiger partial charge in [0.15, 0.2) is 0 Å². The van der Waals surface area contributed by atoms with Gasteiger partial charge in [-0.05, 0) is 30.0 Å². The Bertz CT molecular complexity index is 599. The molecule has 0 aliphatic heterocycles. The second-order valence-electron chi connectivity index (χ2n) is 5.05. The molecule has 0 spiro atoms. The molecule has 0 amide bonds. The first-order valence-corrected chi connectivity index (χ1v) is 6.51. The summed E-state index contributed by atoms with van der Waals surface area (Å²) in [7, 11) is 0. The number of benzene rings is 1. The van der Waals surface area contributed by atoms with Gasteiger partial charge in [0, 0.05) is 30.3 Å². The fourth-order valence-corrected chi connectivity index (χ4v) is 2.34. The zero-order chi connectivity index (χ0) is 14.0. The molecule has 0 saturated heterocycles. The van der Waals surface area contributed by atoms with Crippen molar-refractivity contribution in [2.24, 2.45) is 0 Å². The summed E-state index contributed by atoms with van der Waals surface area (Å²) in [5.74, 6) is -0.531. The SMILES string of the molecule is CC(C)c1cn(CCCO)c2cc(C(=O)O)ccc12. The van der Waals surface area contributed by atoms with E-state index in [0.29, 0.717) is 24.4 Å². The van der Waals surface area contributed by atoms with Crippen LogP contribution in [0, 0.1) is 0 Å². The van der Waals surface area contributed by atoms with E-state index in [2.05, 4.69) is 20.0 Å². The second kappa shape index (κ2) is 5.45. The quantitative estimate of drug-likeness (QED) is 0.870. The van der Waals surface area contributed by atoms with Crippen LogP contribution in [0.15, 0.2) is 24.4 Å². The van der Waals surface area contributed by atoms with E-state index >= 15 is 0 Å². The van der Waals surface area contributed by atoms with Crippen molar-refractivity contribution in [3.8, 4) is 0 Å². The first-order valence-electron chi connectivity index (χ1n) is 6.51. The number of aryl methyl sites for hydroxylation is 1. The van der Waals surface area contributed by atoms with Crippen LogP contribution in [0.5, 0.6) is 0 Å². The zero-order valence-corrected chi connectivity index (χ0v) is 11.3. The lowest BCUT2D eigenvalue weighted by Gasteiger charge is -2.04. The van der Waals surface area contributed by atoms with Crippen molar-refractivity contribution in [1.82, 2.24) is 4.57 Å². The van der Waals surface area contributed by atoms with Gasteiger partial charge in [0.05, 0.1) is 5.56 Å². The normalized spacial score (nSPS) is 11.4. The van der Waals surface area contributed by atoms with Gasteiger partial charge < -0.3 is 14.8 Å². The standard InChI is InChI=1S/C15H19NO3/c1-10(2)13-9-16(6-3-7-17)14-8-11(15(18)19)4-5-12(13)14/h4-5,8-10,17H,3,6-7H2,1-2H3,(H,18,19). The lowest BCUT2D eigenvalue weighted by Crippen LogP contribution is -2.00. The van der Waals surface area contributed by atoms with E-state index in [4.69, 9.17) is 10.2 Å². The first-order chi connectivity index (χ1) is 9.04. The van der Waals surface area contributed by atoms with Crippen LogP contribution < -0.4 is 0 Å². The summed E-state index contributed by atoms with van der Waals surface area (Å²) in [6, 6.07) is 5.23. The average Bonchev–Trinajstić information content (AvgIpc) is 2.74. The number of aliphatic hydroxyl groups excluding tert-OH is 1. The number of hydrogen-bond donors (Lipinski definition) is 2. The van der Waals surface area contributed by atoms with Crippen molar-refractivity contribution >= 4 is 16.9 Å². The Kier molecular flexibility index (Phi) is 3.90. The lowest BCUT2D eigenvalue weighted by molar-refractivity contribution is 0.0697. The number of rotatable bonds is 5. The molecular formula is C15H19NO3. The van der Waals surface area contributed by atoms with Crippen LogP contribution in [0.1, 0.15) is 42.1 Å². The molecule has 2 rings (SSSR count). The highest BCUT2D eigenvalue weighted by Gasteiger charge is 2.13. The Morgan fingerprint density at radius 1 is 1.37 bits per heavy atom. The van der Waals surface area contributed by atoms with Crippen molar-refractivity contribution in [2.45, 2.75) is 32.7 Å². The number of carboxylic acid groups (broad SMARTS) is 1. The van der Waals surface area contributed by atoms with Gasteiger partial charge in [0.1, 0.15) is 0 Å². The summed E-state index contributed by atoms with van der Waals surface area (Å²) in [4.78, 5) is 11.1. The predicted molar refractivity (Wildman–Crippen MR) is 74.7 cm³/mol. The molecular weight excluding hydrogens is 242 g/mol. The Morgan fingerprint density at radius 3 is 2.68 bits per heavy atom. The number of carbonyl (C=O) groups is 1. The fourth-order valence-electron chi connectivity index (χ4n) is 2.34. The number of hydrogen-bond acceptors (Lipinski definition) is 2. The summed E-state index contributed by atoms with van der Waals surface area (Å²) in [6.07, 6.45) is 2.73. The lowest BCUT2D eigenvalue weighted by atomic mass is 10.0. The zero-order valence-electron chi connectivity index (χ0n) is 11.3. The monoisotopic (exact) mass is 261 g/mol. The number of fused-ring (bicyclic) bond motifs is 1. The summed E-state index contributed by atoms with van der Waals surface area (Å²) < 4.78 is 2.04. The molecule has 0 aliphatic rings. The maximum absolute atomic E-state index is 11.1. The van der Waals surface area contributed by atoms with Gasteiger partial charge in [0.25, 0.3) is 0 Å². The topological polar surface area (TPSA) is 62.5 Å². The minimum absolute atomic E-state index is 0.134. The number of aromatic nitrogens is 1. The fraction of sp³-hybridized carbons (Fsp3) is 0.400. The number of carboxylic acids is 1. The molecule has 4 nitrogen and oxygen atoms in total. The molecule has 1 aromatic heterocycles. The van der Waals surface area contributed by atoms with E-state index in [9.17, 15) is 4.79 Å². The van der Waals surface area contributed by atoms with Crippen LogP contribution in [0.4, 0.5) is 0 Å². The molecule has 2 N–H and O–H groups in total. The van der Waals surface area contributed by atoms with Crippen molar-refractivity contribution in [2.75, 3.05) is 6.61 Å². The van der Waals surface area contributed by atoms with Crippen LogP contribution in [0.2, 0.25) is 0 Å². The second-order valence-corrected chi connectivity index (χ2v) is 5.05. The van der Waals surface area contributed by atoms with Gasteiger partial charge in [-0.25, -0.2) is 4.79 Å². The van der Waals surface area contributed by atoms with E-state index in [1.54, 1.807) is 12.1 Å². The third-order valence-corrected chi connectivity index (χ3v) is 3.34. The minimum atomic E-state index is -0.914. The van der Waals surface area contributed by atoms with Crippen molar-refractivity contribution in [1.29, 1.82) is 0 Å². The smallest absolute Gasteiger partial charge is 0.335 e. The van der Waals surface area contributed by atoms with Gasteiger partial charge in [-0.15, -0.1) is 0 Å². The molecule has 0 aliphatic carbocycles. The molecule has 0 fully saturated rings. The van der Waals surface area contributed by atoms with Crippen LogP contribution in [0.3, 0.4) is 0 Å². The number of nitrogens with zero attached hydrogens (tertiary/aromatic N) is 1. The highest BCUT2D eigenvalue weighted by molar-refractivity contribution is 5.94. The van der Waals surface area contributed by atoms with Crippen LogP contribution >= 0.6 is 0 Å². The van der Waals surface area contributed by atoms with Crippen LogP contribution in [-0.4, -0.2) is 27.4 Å². The number of aromatic carboxylic acids is 1. The summed E-state index contributed by atoms with van der Waals surface area (Å²) in [6.45, 7) is 5.07. The van der Waals surface area contributed by atoms with Crippen molar-refractivity contribution < 1.29 is 15.0 Å². The van der Waals surface area contributed by atoms with Gasteiger partial charge in [0.2, 0.25) is 0 Å². The summed E-state index contributed by atoms with van der Waals surface area (Å²) >= 11 is 0. The largest absolute Gasteiger partial charge is 0.478 e. The molecule has 0 radical (unpaired) electrons. The van der Waals surface area contributed by atoms with Crippen LogP contribution in [-0.2, 0) is 6.54 Å². The molecule has 19 heavy (non-hydrogen) atoms. The van der Waals surface area contributed by atoms with Crippen molar-refractivity contribution in [3.05, 3.63) is 35.5 Å². The maximum Gasteiger partial charge on any atom is 0.335 e.